The standard InChI is InChI=1S/C11H15N5OS/c1-2-8(1)12-5-9-15-16-10(7-3-4-17-6-7)13-14-11(16)18-9/h7-8,12H,1-6H2. The molecule has 0 radical (unpaired) electrons. The van der Waals surface area contributed by atoms with E-state index in [-0.39, 0.29) is 0 Å². The molecule has 2 aliphatic rings. The molecule has 6 nitrogen and oxygen atoms in total. The summed E-state index contributed by atoms with van der Waals surface area (Å²) in [4.78, 5) is 0.893. The van der Waals surface area contributed by atoms with Crippen molar-refractivity contribution in [3.63, 3.8) is 0 Å². The maximum absolute atomic E-state index is 5.41. The van der Waals surface area contributed by atoms with Crippen molar-refractivity contribution in [3.8, 4) is 0 Å². The van der Waals surface area contributed by atoms with Gasteiger partial charge in [0.1, 0.15) is 5.01 Å². The minimum atomic E-state index is 0.353. The molecule has 1 N–H and O–H groups in total. The van der Waals surface area contributed by atoms with Gasteiger partial charge in [-0.2, -0.15) is 9.61 Å². The predicted octanol–water partition coefficient (Wildman–Crippen LogP) is 0.942. The van der Waals surface area contributed by atoms with Crippen LogP contribution in [0.2, 0.25) is 0 Å². The van der Waals surface area contributed by atoms with Crippen molar-refractivity contribution >= 4 is 16.3 Å². The first kappa shape index (κ1) is 10.8. The maximum Gasteiger partial charge on any atom is 0.234 e. The number of hydrogen-bond acceptors (Lipinski definition) is 6. The van der Waals surface area contributed by atoms with Crippen LogP contribution in [0, 0.1) is 0 Å². The first-order valence-electron chi connectivity index (χ1n) is 6.42. The van der Waals surface area contributed by atoms with E-state index in [9.17, 15) is 0 Å². The van der Waals surface area contributed by atoms with Gasteiger partial charge in [0, 0.05) is 25.1 Å². The summed E-state index contributed by atoms with van der Waals surface area (Å²) in [5.41, 5.74) is 0. The molecule has 1 unspecified atom stereocenters. The van der Waals surface area contributed by atoms with Crippen LogP contribution >= 0.6 is 11.3 Å². The first-order valence-corrected chi connectivity index (χ1v) is 7.24. The molecule has 2 aromatic rings. The van der Waals surface area contributed by atoms with Gasteiger partial charge in [0.05, 0.1) is 6.61 Å². The normalized spacial score (nSPS) is 24.1. The summed E-state index contributed by atoms with van der Waals surface area (Å²) in [6, 6.07) is 0.710. The first-order chi connectivity index (χ1) is 8.90. The number of nitrogens with zero attached hydrogens (tertiary/aromatic N) is 4. The van der Waals surface area contributed by atoms with Crippen LogP contribution in [0.15, 0.2) is 0 Å². The van der Waals surface area contributed by atoms with E-state index in [1.807, 2.05) is 4.52 Å². The molecule has 0 aromatic carbocycles. The smallest absolute Gasteiger partial charge is 0.234 e. The summed E-state index contributed by atoms with van der Waals surface area (Å²) < 4.78 is 7.30. The Kier molecular flexibility index (Phi) is 2.56. The van der Waals surface area contributed by atoms with Crippen LogP contribution in [0.4, 0.5) is 0 Å². The van der Waals surface area contributed by atoms with E-state index in [0.29, 0.717) is 12.0 Å². The van der Waals surface area contributed by atoms with Gasteiger partial charge in [-0.3, -0.25) is 0 Å². The fourth-order valence-electron chi connectivity index (χ4n) is 2.25. The van der Waals surface area contributed by atoms with Gasteiger partial charge in [-0.1, -0.05) is 11.3 Å². The molecule has 0 spiro atoms. The van der Waals surface area contributed by atoms with Crippen molar-refractivity contribution in [3.05, 3.63) is 10.8 Å². The molecule has 1 saturated carbocycles. The quantitative estimate of drug-likeness (QED) is 0.891. The topological polar surface area (TPSA) is 64.3 Å². The maximum atomic E-state index is 5.41. The van der Waals surface area contributed by atoms with Crippen molar-refractivity contribution in [2.24, 2.45) is 0 Å². The van der Waals surface area contributed by atoms with E-state index in [4.69, 9.17) is 4.74 Å². The molecule has 0 bridgehead atoms. The largest absolute Gasteiger partial charge is 0.381 e. The SMILES string of the molecule is C1CC(c2nnc3sc(CNC4CC4)nn23)CO1. The second-order valence-corrected chi connectivity index (χ2v) is 6.00. The third-order valence-corrected chi connectivity index (χ3v) is 4.37. The Morgan fingerprint density at radius 2 is 2.28 bits per heavy atom. The molecule has 2 aromatic heterocycles. The molecule has 3 heterocycles. The number of aromatic nitrogens is 4. The van der Waals surface area contributed by atoms with Gasteiger partial charge in [-0.05, 0) is 19.3 Å². The van der Waals surface area contributed by atoms with Crippen molar-refractivity contribution in [1.82, 2.24) is 25.1 Å². The minimum absolute atomic E-state index is 0.353. The number of fused-ring (bicyclic) bond motifs is 1. The van der Waals surface area contributed by atoms with Crippen molar-refractivity contribution < 1.29 is 4.74 Å². The molecule has 7 heteroatoms. The Bertz CT molecular complexity index is 555. The van der Waals surface area contributed by atoms with Crippen LogP contribution in [0.25, 0.3) is 4.96 Å². The van der Waals surface area contributed by atoms with Crippen LogP contribution < -0.4 is 5.32 Å². The average Bonchev–Trinajstić information content (AvgIpc) is 2.81. The van der Waals surface area contributed by atoms with Gasteiger partial charge in [0.2, 0.25) is 4.96 Å². The van der Waals surface area contributed by atoms with Gasteiger partial charge in [0.15, 0.2) is 5.82 Å². The highest BCUT2D eigenvalue weighted by molar-refractivity contribution is 7.16. The Balaban J connectivity index is 1.59. The lowest BCUT2D eigenvalue weighted by atomic mass is 10.1. The van der Waals surface area contributed by atoms with Crippen LogP contribution in [0.5, 0.6) is 0 Å². The van der Waals surface area contributed by atoms with Gasteiger partial charge >= 0.3 is 0 Å². The lowest BCUT2D eigenvalue weighted by Crippen LogP contribution is -2.15. The molecular formula is C11H15N5OS. The Hall–Kier alpha value is -1.05. The van der Waals surface area contributed by atoms with E-state index in [2.05, 4.69) is 20.6 Å². The lowest BCUT2D eigenvalue weighted by Gasteiger charge is -2.02. The number of hydrogen-bond donors (Lipinski definition) is 1. The van der Waals surface area contributed by atoms with Crippen LogP contribution in [0.1, 0.15) is 36.0 Å². The van der Waals surface area contributed by atoms with Gasteiger partial charge in [-0.25, -0.2) is 0 Å². The molecule has 1 aliphatic heterocycles. The van der Waals surface area contributed by atoms with Crippen molar-refractivity contribution in [2.45, 2.75) is 37.8 Å². The summed E-state index contributed by atoms with van der Waals surface area (Å²) in [5, 5.41) is 17.6. The molecule has 1 saturated heterocycles. The summed E-state index contributed by atoms with van der Waals surface area (Å²) in [7, 11) is 0. The van der Waals surface area contributed by atoms with E-state index >= 15 is 0 Å². The third-order valence-electron chi connectivity index (χ3n) is 3.47. The fraction of sp³-hybridized carbons (Fsp3) is 0.727. The number of nitrogens with one attached hydrogen (secondary N) is 1. The Labute approximate surface area is 108 Å². The zero-order chi connectivity index (χ0) is 11.9. The summed E-state index contributed by atoms with van der Waals surface area (Å²) >= 11 is 1.62. The summed E-state index contributed by atoms with van der Waals surface area (Å²) in [5.74, 6) is 1.31. The minimum Gasteiger partial charge on any atom is -0.381 e. The lowest BCUT2D eigenvalue weighted by molar-refractivity contribution is 0.193. The molecule has 96 valence electrons. The summed E-state index contributed by atoms with van der Waals surface area (Å²) in [6.45, 7) is 2.41. The number of ether oxygens (including phenoxy) is 1. The average molecular weight is 265 g/mol. The Morgan fingerprint density at radius 1 is 1.33 bits per heavy atom. The second-order valence-electron chi connectivity index (χ2n) is 4.96. The van der Waals surface area contributed by atoms with Crippen molar-refractivity contribution in [1.29, 1.82) is 0 Å². The van der Waals surface area contributed by atoms with Crippen LogP contribution in [-0.4, -0.2) is 39.1 Å². The van der Waals surface area contributed by atoms with Crippen LogP contribution in [-0.2, 0) is 11.3 Å². The molecule has 0 amide bonds. The molecule has 2 fully saturated rings. The second kappa shape index (κ2) is 4.25. The zero-order valence-electron chi connectivity index (χ0n) is 10.0. The molecule has 1 atom stereocenters. The van der Waals surface area contributed by atoms with E-state index in [0.717, 1.165) is 42.0 Å². The van der Waals surface area contributed by atoms with Gasteiger partial charge < -0.3 is 10.1 Å². The zero-order valence-corrected chi connectivity index (χ0v) is 10.8. The molecular weight excluding hydrogens is 250 g/mol. The highest BCUT2D eigenvalue weighted by atomic mass is 32.1. The van der Waals surface area contributed by atoms with Crippen molar-refractivity contribution in [2.75, 3.05) is 13.2 Å². The van der Waals surface area contributed by atoms with Crippen LogP contribution in [0.3, 0.4) is 0 Å². The highest BCUT2D eigenvalue weighted by Gasteiger charge is 2.25. The molecule has 18 heavy (non-hydrogen) atoms. The molecule has 1 aliphatic carbocycles. The monoisotopic (exact) mass is 265 g/mol. The highest BCUT2D eigenvalue weighted by Crippen LogP contribution is 2.26. The third kappa shape index (κ3) is 1.92. The van der Waals surface area contributed by atoms with E-state index < -0.39 is 0 Å². The predicted molar refractivity (Wildman–Crippen MR) is 66.7 cm³/mol. The Morgan fingerprint density at radius 3 is 3.06 bits per heavy atom. The van der Waals surface area contributed by atoms with E-state index in [1.165, 1.54) is 12.8 Å². The summed E-state index contributed by atoms with van der Waals surface area (Å²) in [6.07, 6.45) is 3.62. The van der Waals surface area contributed by atoms with Gasteiger partial charge in [-0.15, -0.1) is 10.2 Å². The number of rotatable bonds is 4. The fourth-order valence-corrected chi connectivity index (χ4v) is 3.05. The molecule has 4 rings (SSSR count). The van der Waals surface area contributed by atoms with E-state index in [1.54, 1.807) is 11.3 Å². The van der Waals surface area contributed by atoms with Gasteiger partial charge in [0.25, 0.3) is 0 Å².